The Balaban J connectivity index is 0.00000400. The first kappa shape index (κ1) is 29.5. The Hall–Kier alpha value is -3.04. The Bertz CT molecular complexity index is 1820. The van der Waals surface area contributed by atoms with E-state index >= 15 is 0 Å². The molecule has 0 atom stereocenters. The normalized spacial score (nSPS) is 12.3. The molecule has 0 saturated heterocycles. The Morgan fingerprint density at radius 2 is 1.32 bits per heavy atom. The molecule has 3 N–H and O–H groups in total. The average molecular weight is 564 g/mol. The molecular formula is C24H20N4NaO7S2. The molecule has 0 aliphatic heterocycles. The summed E-state index contributed by atoms with van der Waals surface area (Å²) in [4.78, 5) is -0.641. The van der Waals surface area contributed by atoms with Crippen molar-refractivity contribution >= 4 is 83.3 Å². The molecule has 4 aromatic carbocycles. The summed E-state index contributed by atoms with van der Waals surface area (Å²) in [6, 6.07) is 16.0. The smallest absolute Gasteiger partial charge is 0.295 e. The summed E-state index contributed by atoms with van der Waals surface area (Å²) < 4.78 is 65.0. The van der Waals surface area contributed by atoms with Crippen molar-refractivity contribution in [3.05, 3.63) is 77.9 Å². The summed E-state index contributed by atoms with van der Waals surface area (Å²) in [5.41, 5.74) is 2.32. The molecule has 0 aliphatic rings. The number of azo groups is 2. The fourth-order valence-electron chi connectivity index (χ4n) is 3.56. The number of benzene rings is 4. The molecule has 0 saturated carbocycles. The maximum Gasteiger partial charge on any atom is 0.295 e. The van der Waals surface area contributed by atoms with Gasteiger partial charge in [-0.2, -0.15) is 32.2 Å². The van der Waals surface area contributed by atoms with Gasteiger partial charge < -0.3 is 5.11 Å². The van der Waals surface area contributed by atoms with Crippen LogP contribution in [0.25, 0.3) is 10.8 Å². The van der Waals surface area contributed by atoms with Crippen LogP contribution in [0.3, 0.4) is 0 Å². The molecule has 4 aromatic rings. The summed E-state index contributed by atoms with van der Waals surface area (Å²) in [6.45, 7) is 3.38. The number of nitrogens with zero attached hydrogens (tertiary/aromatic N) is 4. The van der Waals surface area contributed by atoms with Crippen molar-refractivity contribution in [2.45, 2.75) is 23.6 Å². The van der Waals surface area contributed by atoms with Crippen LogP contribution in [-0.2, 0) is 20.2 Å². The van der Waals surface area contributed by atoms with E-state index in [-0.39, 0.29) is 51.3 Å². The van der Waals surface area contributed by atoms with Gasteiger partial charge in [0.25, 0.3) is 20.2 Å². The maximum atomic E-state index is 11.9. The third kappa shape index (κ3) is 6.50. The molecule has 0 aromatic heterocycles. The molecule has 11 nitrogen and oxygen atoms in total. The molecule has 1 radical (unpaired) electrons. The molecule has 0 amide bonds. The van der Waals surface area contributed by atoms with E-state index in [9.17, 15) is 26.5 Å². The molecular weight excluding hydrogens is 543 g/mol. The molecule has 38 heavy (non-hydrogen) atoms. The standard InChI is InChI=1S/C24H20N4O7S2.Na/c1-14-12-17(25-26-20-10-8-18(13-15(20)2)36(30,31)32)7-9-19(14)27-28-24-21(29)11-6-16-4-3-5-22(23(16)24)37(33,34)35;/h3-13,29H,1-2H3,(H,30,31,32)(H,33,34,35);. The van der Waals surface area contributed by atoms with Crippen LogP contribution in [0, 0.1) is 13.8 Å². The Morgan fingerprint density at radius 1 is 0.684 bits per heavy atom. The first-order valence-electron chi connectivity index (χ1n) is 10.6. The van der Waals surface area contributed by atoms with Crippen molar-refractivity contribution in [1.82, 2.24) is 0 Å². The first-order valence-corrected chi connectivity index (χ1v) is 13.5. The SMILES string of the molecule is Cc1cc(S(=O)(=O)O)ccc1N=Nc1ccc(N=Nc2c(O)ccc3cccc(S(=O)(=O)O)c23)c(C)c1.[Na]. The second-order valence-electron chi connectivity index (χ2n) is 8.06. The van der Waals surface area contributed by atoms with Gasteiger partial charge in [-0.3, -0.25) is 9.11 Å². The molecule has 14 heteroatoms. The van der Waals surface area contributed by atoms with Crippen LogP contribution in [0.1, 0.15) is 11.1 Å². The van der Waals surface area contributed by atoms with Crippen molar-refractivity contribution in [3.8, 4) is 5.75 Å². The van der Waals surface area contributed by atoms with E-state index in [2.05, 4.69) is 20.5 Å². The number of hydrogen-bond acceptors (Lipinski definition) is 9. The van der Waals surface area contributed by atoms with Gasteiger partial charge in [-0.15, -0.1) is 5.11 Å². The number of hydrogen-bond donors (Lipinski definition) is 3. The first-order chi connectivity index (χ1) is 17.3. The van der Waals surface area contributed by atoms with E-state index < -0.39 is 25.1 Å². The summed E-state index contributed by atoms with van der Waals surface area (Å²) >= 11 is 0. The molecule has 191 valence electrons. The quantitative estimate of drug-likeness (QED) is 0.144. The van der Waals surface area contributed by atoms with Crippen molar-refractivity contribution in [2.24, 2.45) is 20.5 Å². The monoisotopic (exact) mass is 563 g/mol. The average Bonchev–Trinajstić information content (AvgIpc) is 2.82. The van der Waals surface area contributed by atoms with Gasteiger partial charge in [0.15, 0.2) is 0 Å². The van der Waals surface area contributed by atoms with Crippen LogP contribution < -0.4 is 0 Å². The summed E-state index contributed by atoms with van der Waals surface area (Å²) in [6.07, 6.45) is 0. The van der Waals surface area contributed by atoms with Crippen LogP contribution in [0.2, 0.25) is 0 Å². The van der Waals surface area contributed by atoms with Gasteiger partial charge in [-0.1, -0.05) is 18.2 Å². The Labute approximate surface area is 240 Å². The molecule has 4 rings (SSSR count). The second-order valence-corrected chi connectivity index (χ2v) is 10.9. The maximum absolute atomic E-state index is 11.9. The number of phenols is 1. The van der Waals surface area contributed by atoms with E-state index in [1.165, 1.54) is 42.5 Å². The van der Waals surface area contributed by atoms with Crippen LogP contribution in [0.15, 0.2) is 97.0 Å². The number of rotatable bonds is 6. The molecule has 0 spiro atoms. The molecule has 0 aliphatic carbocycles. The van der Waals surface area contributed by atoms with E-state index in [4.69, 9.17) is 4.55 Å². The minimum absolute atomic E-state index is 0. The molecule has 0 bridgehead atoms. The predicted octanol–water partition coefficient (Wildman–Crippen LogP) is 6.11. The van der Waals surface area contributed by atoms with Crippen LogP contribution in [0.5, 0.6) is 5.75 Å². The summed E-state index contributed by atoms with van der Waals surface area (Å²) in [7, 11) is -8.90. The van der Waals surface area contributed by atoms with Gasteiger partial charge in [-0.25, -0.2) is 0 Å². The van der Waals surface area contributed by atoms with Crippen molar-refractivity contribution < 1.29 is 31.0 Å². The Kier molecular flexibility index (Phi) is 8.83. The minimum Gasteiger partial charge on any atom is -0.506 e. The van der Waals surface area contributed by atoms with Gasteiger partial charge >= 0.3 is 0 Å². The molecule has 0 unspecified atom stereocenters. The third-order valence-corrected chi connectivity index (χ3v) is 7.16. The fraction of sp³-hybridized carbons (Fsp3) is 0.0833. The van der Waals surface area contributed by atoms with Crippen molar-refractivity contribution in [3.63, 3.8) is 0 Å². The summed E-state index contributed by atoms with van der Waals surface area (Å²) in [5, 5.41) is 27.3. The van der Waals surface area contributed by atoms with E-state index in [1.807, 2.05) is 0 Å². The van der Waals surface area contributed by atoms with Crippen molar-refractivity contribution in [2.75, 3.05) is 0 Å². The van der Waals surface area contributed by atoms with Gasteiger partial charge in [0.2, 0.25) is 0 Å². The number of phenolic OH excluding ortho intramolecular Hbond substituents is 1. The third-order valence-electron chi connectivity index (χ3n) is 5.41. The number of aromatic hydroxyl groups is 1. The van der Waals surface area contributed by atoms with E-state index in [0.29, 0.717) is 33.6 Å². The zero-order chi connectivity index (χ0) is 27.0. The van der Waals surface area contributed by atoms with Gasteiger partial charge in [0.05, 0.1) is 22.0 Å². The minimum atomic E-state index is -4.59. The number of aryl methyl sites for hydroxylation is 2. The Morgan fingerprint density at radius 3 is 1.92 bits per heavy atom. The second kappa shape index (κ2) is 11.4. The predicted molar refractivity (Wildman–Crippen MR) is 142 cm³/mol. The van der Waals surface area contributed by atoms with Gasteiger partial charge in [0.1, 0.15) is 16.3 Å². The van der Waals surface area contributed by atoms with Gasteiger partial charge in [-0.05, 0) is 78.9 Å². The van der Waals surface area contributed by atoms with Gasteiger partial charge in [0, 0.05) is 34.9 Å². The fourth-order valence-corrected chi connectivity index (χ4v) is 4.85. The van der Waals surface area contributed by atoms with Crippen molar-refractivity contribution in [1.29, 1.82) is 0 Å². The topological polar surface area (TPSA) is 178 Å². The van der Waals surface area contributed by atoms with E-state index in [0.717, 1.165) is 0 Å². The number of fused-ring (bicyclic) bond motifs is 1. The van der Waals surface area contributed by atoms with E-state index in [1.54, 1.807) is 38.1 Å². The molecule has 0 fully saturated rings. The zero-order valence-electron chi connectivity index (χ0n) is 20.4. The molecule has 0 heterocycles. The summed E-state index contributed by atoms with van der Waals surface area (Å²) in [5.74, 6) is -0.314. The zero-order valence-corrected chi connectivity index (χ0v) is 24.1. The van der Waals surface area contributed by atoms with Crippen LogP contribution >= 0.6 is 0 Å². The van der Waals surface area contributed by atoms with Crippen LogP contribution in [-0.4, -0.2) is 60.6 Å². The largest absolute Gasteiger partial charge is 0.506 e. The van der Waals surface area contributed by atoms with Crippen LogP contribution in [0.4, 0.5) is 22.7 Å².